The summed E-state index contributed by atoms with van der Waals surface area (Å²) >= 11 is 0. The molecule has 70 valence electrons. The first kappa shape index (κ1) is 11.5. The van der Waals surface area contributed by atoms with Crippen molar-refractivity contribution in [3.8, 4) is 0 Å². The molecule has 1 unspecified atom stereocenters. The van der Waals surface area contributed by atoms with Gasteiger partial charge in [-0.2, -0.15) is 0 Å². The van der Waals surface area contributed by atoms with Gasteiger partial charge in [0.25, 0.3) is 0 Å². The number of allylic oxidation sites excluding steroid dienone is 4. The molecule has 0 aliphatic heterocycles. The summed E-state index contributed by atoms with van der Waals surface area (Å²) in [7, 11) is 0. The molecule has 0 radical (unpaired) electrons. The second kappa shape index (κ2) is 8.58. The second-order valence-electron chi connectivity index (χ2n) is 3.35. The van der Waals surface area contributed by atoms with Crippen LogP contribution in [0, 0.1) is 5.92 Å². The fraction of sp³-hybridized carbons (Fsp3) is 0.667. The first-order valence-corrected chi connectivity index (χ1v) is 5.09. The van der Waals surface area contributed by atoms with Crippen molar-refractivity contribution < 1.29 is 0 Å². The predicted octanol–water partition coefficient (Wildman–Crippen LogP) is 4.34. The van der Waals surface area contributed by atoms with Crippen LogP contribution in [0.3, 0.4) is 0 Å². The molecule has 12 heavy (non-hydrogen) atoms. The van der Waals surface area contributed by atoms with Crippen molar-refractivity contribution in [1.29, 1.82) is 0 Å². The van der Waals surface area contributed by atoms with Crippen LogP contribution in [0.5, 0.6) is 0 Å². The lowest BCUT2D eigenvalue weighted by molar-refractivity contribution is 0.736. The summed E-state index contributed by atoms with van der Waals surface area (Å²) in [5.74, 6) is 0.702. The van der Waals surface area contributed by atoms with E-state index in [0.717, 1.165) is 0 Å². The van der Waals surface area contributed by atoms with Gasteiger partial charge < -0.3 is 0 Å². The molecule has 0 aromatic rings. The van der Waals surface area contributed by atoms with Crippen LogP contribution in [0.4, 0.5) is 0 Å². The minimum absolute atomic E-state index is 0.702. The second-order valence-corrected chi connectivity index (χ2v) is 3.35. The van der Waals surface area contributed by atoms with Gasteiger partial charge in [0, 0.05) is 0 Å². The van der Waals surface area contributed by atoms with Gasteiger partial charge in [0.2, 0.25) is 0 Å². The number of hydrogen-bond donors (Lipinski definition) is 0. The monoisotopic (exact) mass is 166 g/mol. The molecule has 0 amide bonds. The smallest absolute Gasteiger partial charge is 0.0227 e. The number of hydrogen-bond acceptors (Lipinski definition) is 0. The highest BCUT2D eigenvalue weighted by atomic mass is 14.0. The van der Waals surface area contributed by atoms with Gasteiger partial charge in [-0.3, -0.25) is 0 Å². The average molecular weight is 166 g/mol. The summed E-state index contributed by atoms with van der Waals surface area (Å²) in [4.78, 5) is 0. The molecule has 0 aromatic heterocycles. The molecular weight excluding hydrogens is 144 g/mol. The van der Waals surface area contributed by atoms with Crippen molar-refractivity contribution in [2.24, 2.45) is 5.92 Å². The van der Waals surface area contributed by atoms with E-state index >= 15 is 0 Å². The van der Waals surface area contributed by atoms with Crippen molar-refractivity contribution in [3.05, 3.63) is 24.3 Å². The number of rotatable bonds is 6. The fourth-order valence-electron chi connectivity index (χ4n) is 1.16. The lowest BCUT2D eigenvalue weighted by Crippen LogP contribution is -1.84. The maximum atomic E-state index is 2.31. The maximum Gasteiger partial charge on any atom is -0.0227 e. The van der Waals surface area contributed by atoms with Gasteiger partial charge in [0.05, 0.1) is 0 Å². The summed E-state index contributed by atoms with van der Waals surface area (Å²) in [6.07, 6.45) is 14.1. The Bertz CT molecular complexity index is 131. The molecule has 0 aromatic carbocycles. The molecule has 0 nitrogen and oxygen atoms in total. The van der Waals surface area contributed by atoms with Gasteiger partial charge in [-0.1, -0.05) is 51.0 Å². The summed E-state index contributed by atoms with van der Waals surface area (Å²) in [6, 6.07) is 0. The Labute approximate surface area is 77.4 Å². The van der Waals surface area contributed by atoms with Gasteiger partial charge in [-0.15, -0.1) is 0 Å². The molecule has 0 aliphatic rings. The summed E-state index contributed by atoms with van der Waals surface area (Å²) in [5, 5.41) is 0. The van der Waals surface area contributed by atoms with Gasteiger partial charge in [-0.05, 0) is 25.7 Å². The van der Waals surface area contributed by atoms with Crippen molar-refractivity contribution in [2.75, 3.05) is 0 Å². The third-order valence-corrected chi connectivity index (χ3v) is 1.92. The van der Waals surface area contributed by atoms with Crippen molar-refractivity contribution in [3.63, 3.8) is 0 Å². The zero-order valence-electron chi connectivity index (χ0n) is 8.72. The quantitative estimate of drug-likeness (QED) is 0.407. The van der Waals surface area contributed by atoms with Crippen LogP contribution < -0.4 is 0 Å². The zero-order chi connectivity index (χ0) is 9.23. The topological polar surface area (TPSA) is 0 Å². The van der Waals surface area contributed by atoms with E-state index < -0.39 is 0 Å². The van der Waals surface area contributed by atoms with E-state index in [1.807, 2.05) is 0 Å². The van der Waals surface area contributed by atoms with Crippen molar-refractivity contribution in [2.45, 2.75) is 46.5 Å². The van der Waals surface area contributed by atoms with E-state index in [9.17, 15) is 0 Å². The molecule has 0 bridgehead atoms. The van der Waals surface area contributed by atoms with Crippen LogP contribution in [0.25, 0.3) is 0 Å². The van der Waals surface area contributed by atoms with E-state index in [2.05, 4.69) is 45.1 Å². The maximum absolute atomic E-state index is 2.31. The largest absolute Gasteiger partial charge is 0.0914 e. The highest BCUT2D eigenvalue weighted by Crippen LogP contribution is 2.05. The Hall–Kier alpha value is -0.520. The van der Waals surface area contributed by atoms with Crippen molar-refractivity contribution in [1.82, 2.24) is 0 Å². The summed E-state index contributed by atoms with van der Waals surface area (Å²) in [5.41, 5.74) is 0. The first-order chi connectivity index (χ1) is 5.81. The standard InChI is InChI=1S/C12H22/c1-4-6-7-8-9-11-12(3)10-5-2/h5,8-10,12H,4,6-7,11H2,1-3H3. The van der Waals surface area contributed by atoms with E-state index in [4.69, 9.17) is 0 Å². The van der Waals surface area contributed by atoms with Crippen LogP contribution in [0.1, 0.15) is 46.5 Å². The molecular formula is C12H22. The lowest BCUT2D eigenvalue weighted by atomic mass is 10.1. The Balaban J connectivity index is 3.33. The molecule has 0 spiro atoms. The molecule has 0 saturated carbocycles. The molecule has 0 N–H and O–H groups in total. The van der Waals surface area contributed by atoms with Crippen LogP contribution in [-0.4, -0.2) is 0 Å². The Morgan fingerprint density at radius 2 is 2.00 bits per heavy atom. The van der Waals surface area contributed by atoms with Crippen LogP contribution >= 0.6 is 0 Å². The molecule has 0 heteroatoms. The average Bonchev–Trinajstić information content (AvgIpc) is 2.05. The van der Waals surface area contributed by atoms with E-state index in [0.29, 0.717) is 5.92 Å². The fourth-order valence-corrected chi connectivity index (χ4v) is 1.16. The van der Waals surface area contributed by atoms with E-state index in [1.54, 1.807) is 0 Å². The van der Waals surface area contributed by atoms with Gasteiger partial charge in [-0.25, -0.2) is 0 Å². The summed E-state index contributed by atoms with van der Waals surface area (Å²) < 4.78 is 0. The zero-order valence-corrected chi connectivity index (χ0v) is 8.72. The number of unbranched alkanes of at least 4 members (excludes halogenated alkanes) is 2. The van der Waals surface area contributed by atoms with Gasteiger partial charge in [0.1, 0.15) is 0 Å². The summed E-state index contributed by atoms with van der Waals surface area (Å²) in [6.45, 7) is 6.57. The van der Waals surface area contributed by atoms with Crippen LogP contribution in [-0.2, 0) is 0 Å². The predicted molar refractivity (Wildman–Crippen MR) is 57.3 cm³/mol. The lowest BCUT2D eigenvalue weighted by Gasteiger charge is -1.99. The SMILES string of the molecule is CC=CC(C)CC=CCCCC. The molecule has 0 saturated heterocycles. The highest BCUT2D eigenvalue weighted by Gasteiger charge is 1.90. The van der Waals surface area contributed by atoms with Crippen molar-refractivity contribution >= 4 is 0 Å². The minimum atomic E-state index is 0.702. The Kier molecular flexibility index (Phi) is 8.20. The highest BCUT2D eigenvalue weighted by molar-refractivity contribution is 4.90. The molecule has 0 fully saturated rings. The van der Waals surface area contributed by atoms with Gasteiger partial charge in [0.15, 0.2) is 0 Å². The van der Waals surface area contributed by atoms with E-state index in [1.165, 1.54) is 25.7 Å². The Morgan fingerprint density at radius 1 is 1.25 bits per heavy atom. The minimum Gasteiger partial charge on any atom is -0.0914 e. The van der Waals surface area contributed by atoms with Crippen LogP contribution in [0.2, 0.25) is 0 Å². The van der Waals surface area contributed by atoms with E-state index in [-0.39, 0.29) is 0 Å². The van der Waals surface area contributed by atoms with Crippen LogP contribution in [0.15, 0.2) is 24.3 Å². The van der Waals surface area contributed by atoms with Gasteiger partial charge >= 0.3 is 0 Å². The normalized spacial score (nSPS) is 14.6. The first-order valence-electron chi connectivity index (χ1n) is 5.09. The molecule has 0 rings (SSSR count). The molecule has 0 aliphatic carbocycles. The molecule has 1 atom stereocenters. The molecule has 0 heterocycles. The Morgan fingerprint density at radius 3 is 2.58 bits per heavy atom. The third-order valence-electron chi connectivity index (χ3n) is 1.92. The third kappa shape index (κ3) is 7.59.